The summed E-state index contributed by atoms with van der Waals surface area (Å²) in [7, 11) is 0. The molecule has 1 heterocycles. The number of carbonyl (C=O) groups is 2. The molecule has 0 radical (unpaired) electrons. The molecular weight excluding hydrogens is 384 g/mol. The van der Waals surface area contributed by atoms with E-state index >= 15 is 0 Å². The van der Waals surface area contributed by atoms with Crippen LogP contribution in [0.5, 0.6) is 0 Å². The minimum atomic E-state index is -0.593. The zero-order valence-electron chi connectivity index (χ0n) is 17.8. The van der Waals surface area contributed by atoms with Crippen molar-refractivity contribution in [1.82, 2.24) is 15.5 Å². The summed E-state index contributed by atoms with van der Waals surface area (Å²) in [4.78, 5) is 25.0. The first-order valence-corrected chi connectivity index (χ1v) is 11.2. The number of hydrogen-bond donors (Lipinski definition) is 2. The van der Waals surface area contributed by atoms with Crippen LogP contribution >= 0.6 is 11.3 Å². The molecule has 2 aromatic rings. The summed E-state index contributed by atoms with van der Waals surface area (Å²) in [6, 6.07) is 7.40. The van der Waals surface area contributed by atoms with E-state index in [4.69, 9.17) is 0 Å². The number of nitrogens with zero attached hydrogens (tertiary/aromatic N) is 2. The van der Waals surface area contributed by atoms with Crippen LogP contribution in [0.1, 0.15) is 64.9 Å². The summed E-state index contributed by atoms with van der Waals surface area (Å²) in [6.07, 6.45) is 5.89. The first-order valence-electron chi connectivity index (χ1n) is 10.4. The molecule has 0 aliphatic heterocycles. The van der Waals surface area contributed by atoms with Crippen LogP contribution in [-0.4, -0.2) is 28.1 Å². The number of unbranched alkanes of at least 4 members (excludes halogenated alkanes) is 4. The molecule has 0 spiro atoms. The Kier molecular flexibility index (Phi) is 9.25. The van der Waals surface area contributed by atoms with Gasteiger partial charge in [0.05, 0.1) is 0 Å². The summed E-state index contributed by atoms with van der Waals surface area (Å²) >= 11 is 1.33. The van der Waals surface area contributed by atoms with Crippen molar-refractivity contribution in [1.29, 1.82) is 0 Å². The van der Waals surface area contributed by atoms with E-state index in [1.165, 1.54) is 24.2 Å². The van der Waals surface area contributed by atoms with Crippen molar-refractivity contribution in [2.45, 2.75) is 72.3 Å². The lowest BCUT2D eigenvalue weighted by molar-refractivity contribution is -0.127. The lowest BCUT2D eigenvalue weighted by atomic mass is 10.0. The van der Waals surface area contributed by atoms with Crippen LogP contribution in [0.15, 0.2) is 24.3 Å². The van der Waals surface area contributed by atoms with Gasteiger partial charge in [0.15, 0.2) is 0 Å². The maximum Gasteiger partial charge on any atom is 0.249 e. The number of amides is 2. The van der Waals surface area contributed by atoms with Crippen LogP contribution in [0.4, 0.5) is 5.13 Å². The average Bonchev–Trinajstić information content (AvgIpc) is 3.14. The van der Waals surface area contributed by atoms with Crippen LogP contribution in [0.25, 0.3) is 10.6 Å². The van der Waals surface area contributed by atoms with Gasteiger partial charge in [-0.05, 0) is 25.3 Å². The highest BCUT2D eigenvalue weighted by Gasteiger charge is 2.25. The van der Waals surface area contributed by atoms with E-state index in [1.807, 2.05) is 45.0 Å². The number of carbonyl (C=O) groups excluding carboxylic acids is 2. The Bertz CT molecular complexity index is 804. The highest BCUT2D eigenvalue weighted by molar-refractivity contribution is 7.18. The number of aromatic nitrogens is 2. The fraction of sp³-hybridized carbons (Fsp3) is 0.545. The lowest BCUT2D eigenvalue weighted by Crippen LogP contribution is -2.47. The fourth-order valence-corrected chi connectivity index (χ4v) is 3.76. The highest BCUT2D eigenvalue weighted by atomic mass is 32.1. The molecule has 1 aromatic heterocycles. The van der Waals surface area contributed by atoms with Gasteiger partial charge in [-0.3, -0.25) is 14.9 Å². The smallest absolute Gasteiger partial charge is 0.249 e. The van der Waals surface area contributed by atoms with Crippen molar-refractivity contribution in [2.24, 2.45) is 5.92 Å². The van der Waals surface area contributed by atoms with Gasteiger partial charge in [0, 0.05) is 12.0 Å². The maximum atomic E-state index is 12.7. The summed E-state index contributed by atoms with van der Waals surface area (Å²) in [5.41, 5.74) is 2.11. The van der Waals surface area contributed by atoms with Crippen molar-refractivity contribution in [3.63, 3.8) is 0 Å². The number of anilines is 1. The quantitative estimate of drug-likeness (QED) is 0.508. The molecule has 1 aromatic carbocycles. The molecule has 0 aliphatic carbocycles. The van der Waals surface area contributed by atoms with E-state index in [1.54, 1.807) is 0 Å². The monoisotopic (exact) mass is 416 g/mol. The Morgan fingerprint density at radius 3 is 2.55 bits per heavy atom. The molecule has 0 aliphatic rings. The average molecular weight is 417 g/mol. The normalized spacial score (nSPS) is 12.0. The van der Waals surface area contributed by atoms with Crippen molar-refractivity contribution >= 4 is 28.3 Å². The lowest BCUT2D eigenvalue weighted by Gasteiger charge is -2.21. The minimum absolute atomic E-state index is 0.0248. The van der Waals surface area contributed by atoms with Crippen LogP contribution in [0.3, 0.4) is 0 Å². The van der Waals surface area contributed by atoms with Gasteiger partial charge < -0.3 is 5.32 Å². The Morgan fingerprint density at radius 1 is 1.10 bits per heavy atom. The van der Waals surface area contributed by atoms with E-state index in [2.05, 4.69) is 27.8 Å². The van der Waals surface area contributed by atoms with E-state index in [9.17, 15) is 9.59 Å². The van der Waals surface area contributed by atoms with E-state index in [0.29, 0.717) is 11.6 Å². The van der Waals surface area contributed by atoms with Gasteiger partial charge in [-0.2, -0.15) is 0 Å². The van der Waals surface area contributed by atoms with Crippen molar-refractivity contribution in [3.05, 3.63) is 29.8 Å². The van der Waals surface area contributed by atoms with Gasteiger partial charge in [-0.1, -0.05) is 81.6 Å². The third-order valence-corrected chi connectivity index (χ3v) is 5.58. The zero-order chi connectivity index (χ0) is 21.2. The predicted octanol–water partition coefficient (Wildman–Crippen LogP) is 4.95. The van der Waals surface area contributed by atoms with Gasteiger partial charge >= 0.3 is 0 Å². The van der Waals surface area contributed by atoms with Crippen LogP contribution in [-0.2, 0) is 9.59 Å². The number of rotatable bonds is 11. The topological polar surface area (TPSA) is 84.0 Å². The summed E-state index contributed by atoms with van der Waals surface area (Å²) in [5, 5.41) is 15.1. The predicted molar refractivity (Wildman–Crippen MR) is 119 cm³/mol. The Morgan fingerprint density at radius 2 is 1.86 bits per heavy atom. The highest BCUT2D eigenvalue weighted by Crippen LogP contribution is 2.27. The van der Waals surface area contributed by atoms with Crippen LogP contribution < -0.4 is 10.6 Å². The summed E-state index contributed by atoms with van der Waals surface area (Å²) in [6.45, 7) is 8.03. The molecule has 0 bridgehead atoms. The number of nitrogens with one attached hydrogen (secondary N) is 2. The second-order valence-corrected chi connectivity index (χ2v) is 8.70. The molecule has 1 unspecified atom stereocenters. The fourth-order valence-electron chi connectivity index (χ4n) is 3.02. The molecule has 2 rings (SSSR count). The van der Waals surface area contributed by atoms with Crippen molar-refractivity contribution in [2.75, 3.05) is 5.32 Å². The van der Waals surface area contributed by atoms with Crippen LogP contribution in [0, 0.1) is 12.8 Å². The van der Waals surface area contributed by atoms with Gasteiger partial charge in [0.25, 0.3) is 0 Å². The summed E-state index contributed by atoms with van der Waals surface area (Å²) in [5.74, 6) is -0.359. The molecule has 2 N–H and O–H groups in total. The van der Waals surface area contributed by atoms with E-state index < -0.39 is 6.04 Å². The van der Waals surface area contributed by atoms with Crippen molar-refractivity contribution < 1.29 is 9.59 Å². The molecule has 1 atom stereocenters. The largest absolute Gasteiger partial charge is 0.344 e. The number of benzene rings is 1. The van der Waals surface area contributed by atoms with Crippen molar-refractivity contribution in [3.8, 4) is 10.6 Å². The first-order chi connectivity index (χ1) is 13.9. The standard InChI is InChI=1S/C22H32N4O2S/c1-5-6-7-8-9-13-18(27)23-19(15(2)3)20(28)24-22-26-25-21(29-22)17-12-10-11-16(4)14-17/h10-12,14-15,19H,5-9,13H2,1-4H3,(H,23,27)(H,24,26,28). The second kappa shape index (κ2) is 11.7. The van der Waals surface area contributed by atoms with E-state index in [0.717, 1.165) is 35.4 Å². The van der Waals surface area contributed by atoms with Gasteiger partial charge in [0.1, 0.15) is 11.0 Å². The van der Waals surface area contributed by atoms with Gasteiger partial charge in [-0.15, -0.1) is 10.2 Å². The number of hydrogen-bond acceptors (Lipinski definition) is 5. The molecule has 0 fully saturated rings. The molecule has 29 heavy (non-hydrogen) atoms. The van der Waals surface area contributed by atoms with Crippen LogP contribution in [0.2, 0.25) is 0 Å². The van der Waals surface area contributed by atoms with Gasteiger partial charge in [-0.25, -0.2) is 0 Å². The minimum Gasteiger partial charge on any atom is -0.344 e. The van der Waals surface area contributed by atoms with E-state index in [-0.39, 0.29) is 17.7 Å². The molecule has 0 saturated carbocycles. The Labute approximate surface area is 177 Å². The third kappa shape index (κ3) is 7.57. The zero-order valence-corrected chi connectivity index (χ0v) is 18.6. The molecular formula is C22H32N4O2S. The SMILES string of the molecule is CCCCCCCC(=O)NC(C(=O)Nc1nnc(-c2cccc(C)c2)s1)C(C)C. The van der Waals surface area contributed by atoms with Gasteiger partial charge in [0.2, 0.25) is 16.9 Å². The third-order valence-electron chi connectivity index (χ3n) is 4.69. The second-order valence-electron chi connectivity index (χ2n) is 7.72. The maximum absolute atomic E-state index is 12.7. The molecule has 0 saturated heterocycles. The first kappa shape index (κ1) is 23.0. The molecule has 158 valence electrons. The Balaban J connectivity index is 1.91. The molecule has 7 heteroatoms. The summed E-state index contributed by atoms with van der Waals surface area (Å²) < 4.78 is 0. The number of aryl methyl sites for hydroxylation is 1. The Hall–Kier alpha value is -2.28. The molecule has 6 nitrogen and oxygen atoms in total. The molecule has 2 amide bonds.